The van der Waals surface area contributed by atoms with E-state index in [1.54, 1.807) is 0 Å². The number of aryl methyl sites for hydroxylation is 1. The molecular formula is C17H17Cl2N. The van der Waals surface area contributed by atoms with Crippen LogP contribution in [0.2, 0.25) is 10.0 Å². The van der Waals surface area contributed by atoms with Gasteiger partial charge in [0.05, 0.1) is 0 Å². The van der Waals surface area contributed by atoms with Crippen LogP contribution in [0.25, 0.3) is 0 Å². The van der Waals surface area contributed by atoms with Crippen molar-refractivity contribution in [1.29, 1.82) is 0 Å². The zero-order chi connectivity index (χ0) is 14.1. The first-order valence-electron chi connectivity index (χ1n) is 6.90. The summed E-state index contributed by atoms with van der Waals surface area (Å²) in [5, 5.41) is 5.19. The summed E-state index contributed by atoms with van der Waals surface area (Å²) in [7, 11) is 0. The topological polar surface area (TPSA) is 12.0 Å². The van der Waals surface area contributed by atoms with Gasteiger partial charge in [-0.05, 0) is 61.1 Å². The van der Waals surface area contributed by atoms with E-state index >= 15 is 0 Å². The Morgan fingerprint density at radius 2 is 1.75 bits per heavy atom. The molecule has 3 heteroatoms. The van der Waals surface area contributed by atoms with Crippen molar-refractivity contribution < 1.29 is 0 Å². The first-order valence-corrected chi connectivity index (χ1v) is 7.65. The van der Waals surface area contributed by atoms with Crippen molar-refractivity contribution in [3.63, 3.8) is 0 Å². The van der Waals surface area contributed by atoms with Crippen molar-refractivity contribution in [2.45, 2.75) is 31.7 Å². The highest BCUT2D eigenvalue weighted by molar-refractivity contribution is 6.31. The molecule has 0 aromatic heterocycles. The second-order valence-corrected chi connectivity index (χ2v) is 6.40. The van der Waals surface area contributed by atoms with Crippen molar-refractivity contribution in [2.75, 3.05) is 5.32 Å². The molecule has 0 atom stereocenters. The average molecular weight is 306 g/mol. The summed E-state index contributed by atoms with van der Waals surface area (Å²) in [5.74, 6) is 0.616. The Morgan fingerprint density at radius 3 is 2.50 bits per heavy atom. The van der Waals surface area contributed by atoms with Gasteiger partial charge in [0.2, 0.25) is 0 Å². The predicted molar refractivity (Wildman–Crippen MR) is 87.0 cm³/mol. The van der Waals surface area contributed by atoms with Crippen molar-refractivity contribution in [1.82, 2.24) is 0 Å². The lowest BCUT2D eigenvalue weighted by Gasteiger charge is -2.37. The maximum atomic E-state index is 6.05. The number of benzene rings is 2. The second-order valence-electron chi connectivity index (χ2n) is 5.52. The summed E-state index contributed by atoms with van der Waals surface area (Å²) >= 11 is 12.1. The SMILES string of the molecule is Cc1ccc(Cl)cc1NC1CC(c2cccc(Cl)c2)C1. The molecule has 2 aromatic carbocycles. The molecule has 0 amide bonds. The minimum atomic E-state index is 0.524. The maximum absolute atomic E-state index is 6.05. The zero-order valence-electron chi connectivity index (χ0n) is 11.4. The van der Waals surface area contributed by atoms with Gasteiger partial charge in [-0.2, -0.15) is 0 Å². The molecule has 1 saturated carbocycles. The van der Waals surface area contributed by atoms with E-state index in [1.165, 1.54) is 11.1 Å². The van der Waals surface area contributed by atoms with Gasteiger partial charge in [0, 0.05) is 21.8 Å². The third-order valence-electron chi connectivity index (χ3n) is 4.02. The molecule has 20 heavy (non-hydrogen) atoms. The standard InChI is InChI=1S/C17H17Cl2N/c1-11-5-6-15(19)10-17(11)20-16-8-13(9-16)12-3-2-4-14(18)7-12/h2-7,10,13,16,20H,8-9H2,1H3. The summed E-state index contributed by atoms with van der Waals surface area (Å²) in [5.41, 5.74) is 3.73. The summed E-state index contributed by atoms with van der Waals surface area (Å²) in [6.07, 6.45) is 2.29. The largest absolute Gasteiger partial charge is 0.382 e. The van der Waals surface area contributed by atoms with E-state index in [4.69, 9.17) is 23.2 Å². The van der Waals surface area contributed by atoms with Crippen LogP contribution in [0.15, 0.2) is 42.5 Å². The molecule has 0 unspecified atom stereocenters. The normalized spacial score (nSPS) is 21.4. The third kappa shape index (κ3) is 2.94. The predicted octanol–water partition coefficient (Wildman–Crippen LogP) is 5.66. The fourth-order valence-electron chi connectivity index (χ4n) is 2.74. The first kappa shape index (κ1) is 13.8. The molecule has 0 saturated heterocycles. The Hall–Kier alpha value is -1.18. The molecular weight excluding hydrogens is 289 g/mol. The number of hydrogen-bond donors (Lipinski definition) is 1. The molecule has 0 spiro atoms. The van der Waals surface area contributed by atoms with Gasteiger partial charge < -0.3 is 5.32 Å². The minimum Gasteiger partial charge on any atom is -0.382 e. The third-order valence-corrected chi connectivity index (χ3v) is 4.49. The fraction of sp³-hybridized carbons (Fsp3) is 0.294. The van der Waals surface area contributed by atoms with Crippen molar-refractivity contribution in [2.24, 2.45) is 0 Å². The van der Waals surface area contributed by atoms with E-state index in [9.17, 15) is 0 Å². The molecule has 1 nitrogen and oxygen atoms in total. The number of hydrogen-bond acceptors (Lipinski definition) is 1. The van der Waals surface area contributed by atoms with Crippen molar-refractivity contribution in [3.05, 3.63) is 63.6 Å². The molecule has 0 radical (unpaired) electrons. The van der Waals surface area contributed by atoms with Gasteiger partial charge in [0.1, 0.15) is 0 Å². The number of anilines is 1. The Bertz CT molecular complexity index is 618. The van der Waals surface area contributed by atoms with Crippen LogP contribution in [-0.2, 0) is 0 Å². The van der Waals surface area contributed by atoms with Gasteiger partial charge in [-0.15, -0.1) is 0 Å². The lowest BCUT2D eigenvalue weighted by atomic mass is 9.76. The van der Waals surface area contributed by atoms with Crippen LogP contribution >= 0.6 is 23.2 Å². The van der Waals surface area contributed by atoms with Crippen molar-refractivity contribution >= 4 is 28.9 Å². The number of nitrogens with one attached hydrogen (secondary N) is 1. The smallest absolute Gasteiger partial charge is 0.0426 e. The molecule has 1 N–H and O–H groups in total. The molecule has 0 aliphatic heterocycles. The molecule has 104 valence electrons. The van der Waals surface area contributed by atoms with Gasteiger partial charge in [-0.25, -0.2) is 0 Å². The van der Waals surface area contributed by atoms with Crippen LogP contribution in [0.5, 0.6) is 0 Å². The summed E-state index contributed by atoms with van der Waals surface area (Å²) < 4.78 is 0. The van der Waals surface area contributed by atoms with Crippen LogP contribution in [0.4, 0.5) is 5.69 Å². The number of halogens is 2. The minimum absolute atomic E-state index is 0.524. The Labute approximate surface area is 129 Å². The molecule has 0 bridgehead atoms. The quantitative estimate of drug-likeness (QED) is 0.771. The Morgan fingerprint density at radius 1 is 1.00 bits per heavy atom. The van der Waals surface area contributed by atoms with E-state index in [1.807, 2.05) is 24.3 Å². The van der Waals surface area contributed by atoms with Crippen LogP contribution in [0.1, 0.15) is 29.9 Å². The summed E-state index contributed by atoms with van der Waals surface area (Å²) in [6.45, 7) is 2.10. The molecule has 1 aliphatic carbocycles. The van der Waals surface area contributed by atoms with E-state index in [0.29, 0.717) is 12.0 Å². The lowest BCUT2D eigenvalue weighted by molar-refractivity contribution is 0.374. The zero-order valence-corrected chi connectivity index (χ0v) is 12.9. The summed E-state index contributed by atoms with van der Waals surface area (Å²) in [6, 6.07) is 14.7. The van der Waals surface area contributed by atoms with E-state index in [-0.39, 0.29) is 0 Å². The lowest BCUT2D eigenvalue weighted by Crippen LogP contribution is -2.34. The van der Waals surface area contributed by atoms with Gasteiger partial charge in [-0.1, -0.05) is 41.4 Å². The fourth-order valence-corrected chi connectivity index (χ4v) is 3.11. The number of rotatable bonds is 3. The highest BCUT2D eigenvalue weighted by Crippen LogP contribution is 2.39. The van der Waals surface area contributed by atoms with Crippen LogP contribution in [0.3, 0.4) is 0 Å². The monoisotopic (exact) mass is 305 g/mol. The van der Waals surface area contributed by atoms with Crippen LogP contribution < -0.4 is 5.32 Å². The highest BCUT2D eigenvalue weighted by atomic mass is 35.5. The molecule has 2 aromatic rings. The second kappa shape index (κ2) is 5.67. The van der Waals surface area contributed by atoms with E-state index in [0.717, 1.165) is 28.6 Å². The molecule has 1 aliphatic rings. The van der Waals surface area contributed by atoms with Crippen LogP contribution in [0, 0.1) is 6.92 Å². The average Bonchev–Trinajstić information content (AvgIpc) is 2.37. The maximum Gasteiger partial charge on any atom is 0.0426 e. The van der Waals surface area contributed by atoms with Gasteiger partial charge >= 0.3 is 0 Å². The van der Waals surface area contributed by atoms with Crippen LogP contribution in [-0.4, -0.2) is 6.04 Å². The van der Waals surface area contributed by atoms with Gasteiger partial charge in [-0.3, -0.25) is 0 Å². The molecule has 0 heterocycles. The van der Waals surface area contributed by atoms with E-state index < -0.39 is 0 Å². The molecule has 1 fully saturated rings. The van der Waals surface area contributed by atoms with Gasteiger partial charge in [0.25, 0.3) is 0 Å². The highest BCUT2D eigenvalue weighted by Gasteiger charge is 2.30. The van der Waals surface area contributed by atoms with E-state index in [2.05, 4.69) is 30.4 Å². The Kier molecular flexibility index (Phi) is 3.91. The Balaban J connectivity index is 1.62. The molecule has 3 rings (SSSR count). The van der Waals surface area contributed by atoms with Crippen molar-refractivity contribution in [3.8, 4) is 0 Å². The first-order chi connectivity index (χ1) is 9.61. The van der Waals surface area contributed by atoms with Gasteiger partial charge in [0.15, 0.2) is 0 Å². The summed E-state index contributed by atoms with van der Waals surface area (Å²) in [4.78, 5) is 0.